The fourth-order valence-corrected chi connectivity index (χ4v) is 4.25. The maximum atomic E-state index is 14.5. The first-order chi connectivity index (χ1) is 12.5. The molecule has 2 aliphatic heterocycles. The average molecular weight is 378 g/mol. The SMILES string of the molecule is CC(C)(C)OC(=O)N1C2CCCC1CC(O)(c1cc(F)c(C#N)cc1F)C2. The van der Waals surface area contributed by atoms with Gasteiger partial charge in [-0.05, 0) is 52.2 Å². The summed E-state index contributed by atoms with van der Waals surface area (Å²) in [7, 11) is 0. The third kappa shape index (κ3) is 3.77. The van der Waals surface area contributed by atoms with Crippen molar-refractivity contribution in [3.05, 3.63) is 34.9 Å². The molecule has 146 valence electrons. The summed E-state index contributed by atoms with van der Waals surface area (Å²) >= 11 is 0. The van der Waals surface area contributed by atoms with Gasteiger partial charge in [0.25, 0.3) is 0 Å². The third-order valence-electron chi connectivity index (χ3n) is 5.29. The van der Waals surface area contributed by atoms with Crippen molar-refractivity contribution in [1.82, 2.24) is 4.90 Å². The average Bonchev–Trinajstić information content (AvgIpc) is 2.54. The van der Waals surface area contributed by atoms with Crippen molar-refractivity contribution in [2.45, 2.75) is 76.2 Å². The van der Waals surface area contributed by atoms with Crippen LogP contribution in [-0.2, 0) is 10.3 Å². The van der Waals surface area contributed by atoms with Gasteiger partial charge in [-0.15, -0.1) is 0 Å². The molecular weight excluding hydrogens is 354 g/mol. The highest BCUT2D eigenvalue weighted by Crippen LogP contribution is 2.45. The molecule has 0 saturated carbocycles. The molecule has 1 amide bonds. The zero-order chi connectivity index (χ0) is 20.0. The van der Waals surface area contributed by atoms with Gasteiger partial charge >= 0.3 is 6.09 Å². The first kappa shape index (κ1) is 19.6. The summed E-state index contributed by atoms with van der Waals surface area (Å²) in [6, 6.07) is 2.70. The van der Waals surface area contributed by atoms with E-state index in [-0.39, 0.29) is 30.5 Å². The van der Waals surface area contributed by atoms with Crippen molar-refractivity contribution in [2.24, 2.45) is 0 Å². The van der Waals surface area contributed by atoms with Crippen LogP contribution >= 0.6 is 0 Å². The van der Waals surface area contributed by atoms with Crippen LogP contribution in [0.2, 0.25) is 0 Å². The van der Waals surface area contributed by atoms with Gasteiger partial charge in [-0.3, -0.25) is 0 Å². The Labute approximate surface area is 157 Å². The Morgan fingerprint density at radius 3 is 2.37 bits per heavy atom. The first-order valence-corrected chi connectivity index (χ1v) is 9.17. The van der Waals surface area contributed by atoms with E-state index in [9.17, 15) is 18.7 Å². The minimum atomic E-state index is -1.59. The Bertz CT molecular complexity index is 784. The van der Waals surface area contributed by atoms with Gasteiger partial charge in [0.2, 0.25) is 0 Å². The standard InChI is InChI=1S/C20H24F2N2O3/c1-19(2,3)27-18(25)24-13-5-4-6-14(24)10-20(26,9-13)15-8-16(21)12(11-23)7-17(15)22/h7-8,13-14,26H,4-6,9-10H2,1-3H3. The largest absolute Gasteiger partial charge is 0.444 e. The number of benzene rings is 1. The van der Waals surface area contributed by atoms with Gasteiger partial charge in [0.15, 0.2) is 0 Å². The Morgan fingerprint density at radius 1 is 1.26 bits per heavy atom. The molecule has 2 aliphatic rings. The predicted molar refractivity (Wildman–Crippen MR) is 93.7 cm³/mol. The summed E-state index contributed by atoms with van der Waals surface area (Å²) < 4.78 is 34.1. The number of ether oxygens (including phenoxy) is 1. The molecule has 2 bridgehead atoms. The van der Waals surface area contributed by atoms with Gasteiger partial charge in [-0.2, -0.15) is 5.26 Å². The molecule has 2 heterocycles. The number of halogens is 2. The summed E-state index contributed by atoms with van der Waals surface area (Å²) in [5, 5.41) is 20.0. The fraction of sp³-hybridized carbons (Fsp3) is 0.600. The van der Waals surface area contributed by atoms with Gasteiger partial charge in [0, 0.05) is 30.5 Å². The van der Waals surface area contributed by atoms with Crippen molar-refractivity contribution < 1.29 is 23.4 Å². The molecule has 2 fully saturated rings. The number of piperidine rings is 2. The summed E-state index contributed by atoms with van der Waals surface area (Å²) in [5.41, 5.74) is -2.78. The zero-order valence-corrected chi connectivity index (χ0v) is 15.8. The topological polar surface area (TPSA) is 73.6 Å². The summed E-state index contributed by atoms with van der Waals surface area (Å²) in [4.78, 5) is 14.3. The maximum Gasteiger partial charge on any atom is 0.410 e. The molecule has 1 N–H and O–H groups in total. The minimum Gasteiger partial charge on any atom is -0.444 e. The van der Waals surface area contributed by atoms with E-state index in [0.717, 1.165) is 18.6 Å². The molecule has 0 radical (unpaired) electrons. The van der Waals surface area contributed by atoms with Crippen LogP contribution in [0.4, 0.5) is 13.6 Å². The van der Waals surface area contributed by atoms with Gasteiger partial charge < -0.3 is 14.7 Å². The Balaban J connectivity index is 1.91. The van der Waals surface area contributed by atoms with Crippen LogP contribution in [-0.4, -0.2) is 33.8 Å². The van der Waals surface area contributed by atoms with Crippen LogP contribution in [0, 0.1) is 23.0 Å². The first-order valence-electron chi connectivity index (χ1n) is 9.17. The van der Waals surface area contributed by atoms with Gasteiger partial charge in [-0.25, -0.2) is 13.6 Å². The lowest BCUT2D eigenvalue weighted by molar-refractivity contribution is -0.0979. The number of hydrogen-bond donors (Lipinski definition) is 1. The quantitative estimate of drug-likeness (QED) is 0.802. The van der Waals surface area contributed by atoms with Crippen LogP contribution in [0.15, 0.2) is 12.1 Å². The van der Waals surface area contributed by atoms with E-state index in [4.69, 9.17) is 10.00 Å². The summed E-state index contributed by atoms with van der Waals surface area (Å²) in [5.74, 6) is -1.67. The van der Waals surface area contributed by atoms with Gasteiger partial charge in [0.05, 0.1) is 11.2 Å². The number of hydrogen-bond acceptors (Lipinski definition) is 4. The van der Waals surface area contributed by atoms with E-state index in [2.05, 4.69) is 0 Å². The molecule has 7 heteroatoms. The number of nitrogens with zero attached hydrogens (tertiary/aromatic N) is 2. The summed E-state index contributed by atoms with van der Waals surface area (Å²) in [6.07, 6.45) is 1.99. The van der Waals surface area contributed by atoms with E-state index in [1.165, 1.54) is 0 Å². The number of rotatable bonds is 1. The van der Waals surface area contributed by atoms with E-state index in [1.807, 2.05) is 0 Å². The number of carbonyl (C=O) groups is 1. The highest BCUT2D eigenvalue weighted by atomic mass is 19.1. The molecule has 27 heavy (non-hydrogen) atoms. The normalized spacial score (nSPS) is 27.8. The Kier molecular flexibility index (Phi) is 4.89. The van der Waals surface area contributed by atoms with Crippen molar-refractivity contribution in [2.75, 3.05) is 0 Å². The van der Waals surface area contributed by atoms with E-state index < -0.39 is 34.5 Å². The van der Waals surface area contributed by atoms with Gasteiger partial charge in [0.1, 0.15) is 23.3 Å². The highest BCUT2D eigenvalue weighted by Gasteiger charge is 2.50. The molecule has 0 spiro atoms. The van der Waals surface area contributed by atoms with Gasteiger partial charge in [-0.1, -0.05) is 0 Å². The fourth-order valence-electron chi connectivity index (χ4n) is 4.25. The molecule has 1 aromatic rings. The van der Waals surface area contributed by atoms with Crippen molar-refractivity contribution in [3.63, 3.8) is 0 Å². The van der Waals surface area contributed by atoms with Crippen molar-refractivity contribution in [3.8, 4) is 6.07 Å². The molecule has 2 saturated heterocycles. The number of fused-ring (bicyclic) bond motifs is 2. The van der Waals surface area contributed by atoms with Crippen LogP contribution in [0.3, 0.4) is 0 Å². The van der Waals surface area contributed by atoms with Crippen molar-refractivity contribution in [1.29, 1.82) is 5.26 Å². The van der Waals surface area contributed by atoms with E-state index in [1.54, 1.807) is 31.7 Å². The molecule has 2 unspecified atom stereocenters. The Hall–Kier alpha value is -2.20. The van der Waals surface area contributed by atoms with Crippen LogP contribution in [0.1, 0.15) is 64.0 Å². The second-order valence-corrected chi connectivity index (χ2v) is 8.49. The molecule has 5 nitrogen and oxygen atoms in total. The molecule has 3 rings (SSSR count). The third-order valence-corrected chi connectivity index (χ3v) is 5.29. The number of aliphatic hydroxyl groups is 1. The number of nitriles is 1. The number of amides is 1. The molecule has 2 atom stereocenters. The van der Waals surface area contributed by atoms with Crippen molar-refractivity contribution >= 4 is 6.09 Å². The zero-order valence-electron chi connectivity index (χ0n) is 15.8. The highest BCUT2D eigenvalue weighted by molar-refractivity contribution is 5.69. The van der Waals surface area contributed by atoms with Crippen LogP contribution in [0.5, 0.6) is 0 Å². The lowest BCUT2D eigenvalue weighted by Crippen LogP contribution is -2.59. The molecule has 0 aromatic heterocycles. The minimum absolute atomic E-state index is 0.102. The maximum absolute atomic E-state index is 14.5. The molecule has 0 aliphatic carbocycles. The number of carbonyl (C=O) groups excluding carboxylic acids is 1. The lowest BCUT2D eigenvalue weighted by Gasteiger charge is -2.51. The van der Waals surface area contributed by atoms with E-state index >= 15 is 0 Å². The Morgan fingerprint density at radius 2 is 1.85 bits per heavy atom. The van der Waals surface area contributed by atoms with Crippen LogP contribution in [0.25, 0.3) is 0 Å². The predicted octanol–water partition coefficient (Wildman–Crippen LogP) is 3.98. The lowest BCUT2D eigenvalue weighted by atomic mass is 9.72. The molecular formula is C20H24F2N2O3. The second-order valence-electron chi connectivity index (χ2n) is 8.49. The summed E-state index contributed by atoms with van der Waals surface area (Å²) in [6.45, 7) is 5.36. The molecule has 1 aromatic carbocycles. The van der Waals surface area contributed by atoms with E-state index in [0.29, 0.717) is 12.8 Å². The van der Waals surface area contributed by atoms with Crippen LogP contribution < -0.4 is 0 Å². The smallest absolute Gasteiger partial charge is 0.410 e. The monoisotopic (exact) mass is 378 g/mol. The second kappa shape index (κ2) is 6.75.